The summed E-state index contributed by atoms with van der Waals surface area (Å²) >= 11 is 0. The van der Waals surface area contributed by atoms with Crippen LogP contribution >= 0.6 is 0 Å². The van der Waals surface area contributed by atoms with Gasteiger partial charge in [-0.25, -0.2) is 0 Å². The number of methoxy groups -OCH3 is 2. The van der Waals surface area contributed by atoms with E-state index in [4.69, 9.17) is 9.47 Å². The van der Waals surface area contributed by atoms with Gasteiger partial charge in [-0.1, -0.05) is 6.07 Å². The second-order valence-corrected chi connectivity index (χ2v) is 6.26. The molecule has 1 unspecified atom stereocenters. The van der Waals surface area contributed by atoms with Crippen molar-refractivity contribution in [3.05, 3.63) is 23.8 Å². The van der Waals surface area contributed by atoms with E-state index in [1.54, 1.807) is 19.2 Å². The van der Waals surface area contributed by atoms with Crippen LogP contribution in [0.25, 0.3) is 0 Å². The number of carbonyl (C=O) groups excluding carboxylic acids is 2. The number of nitrogens with zero attached hydrogens (tertiary/aromatic N) is 1. The zero-order chi connectivity index (χ0) is 18.2. The summed E-state index contributed by atoms with van der Waals surface area (Å²) in [4.78, 5) is 26.7. The van der Waals surface area contributed by atoms with Crippen LogP contribution < -0.4 is 15.4 Å². The number of benzene rings is 1. The van der Waals surface area contributed by atoms with Crippen LogP contribution in [0.4, 0.5) is 5.69 Å². The number of hydrogen-bond donors (Lipinski definition) is 2. The number of likely N-dealkylation sites (tertiary alicyclic amines) is 1. The Hall–Kier alpha value is -2.12. The summed E-state index contributed by atoms with van der Waals surface area (Å²) in [6.07, 6.45) is 1.86. The van der Waals surface area contributed by atoms with E-state index in [1.807, 2.05) is 13.0 Å². The quantitative estimate of drug-likeness (QED) is 0.754. The van der Waals surface area contributed by atoms with E-state index in [0.29, 0.717) is 18.0 Å². The van der Waals surface area contributed by atoms with Crippen molar-refractivity contribution in [3.63, 3.8) is 0 Å². The summed E-state index contributed by atoms with van der Waals surface area (Å²) in [5, 5.41) is 5.45. The number of anilines is 1. The third kappa shape index (κ3) is 5.72. The molecular formula is C18H27N3O4. The van der Waals surface area contributed by atoms with E-state index in [-0.39, 0.29) is 6.04 Å². The Labute approximate surface area is 148 Å². The van der Waals surface area contributed by atoms with Crippen LogP contribution in [-0.4, -0.2) is 63.2 Å². The molecule has 1 aromatic carbocycles. The van der Waals surface area contributed by atoms with Crippen LogP contribution in [0.5, 0.6) is 5.75 Å². The Morgan fingerprint density at radius 3 is 2.80 bits per heavy atom. The second kappa shape index (κ2) is 9.39. The minimum Gasteiger partial charge on any atom is -0.495 e. The molecule has 1 heterocycles. The fraction of sp³-hybridized carbons (Fsp3) is 0.556. The lowest BCUT2D eigenvalue weighted by molar-refractivity contribution is -0.136. The van der Waals surface area contributed by atoms with Crippen molar-refractivity contribution in [2.75, 3.05) is 45.8 Å². The molecule has 2 rings (SSSR count). The van der Waals surface area contributed by atoms with Crippen molar-refractivity contribution in [3.8, 4) is 5.75 Å². The lowest BCUT2D eigenvalue weighted by Gasteiger charge is -2.32. The summed E-state index contributed by atoms with van der Waals surface area (Å²) in [7, 11) is 3.20. The topological polar surface area (TPSA) is 79.9 Å². The van der Waals surface area contributed by atoms with Crippen LogP contribution in [0, 0.1) is 6.92 Å². The maximum Gasteiger partial charge on any atom is 0.313 e. The molecule has 0 saturated carbocycles. The molecule has 1 aliphatic rings. The predicted molar refractivity (Wildman–Crippen MR) is 95.8 cm³/mol. The van der Waals surface area contributed by atoms with Crippen LogP contribution in [0.15, 0.2) is 18.2 Å². The Morgan fingerprint density at radius 2 is 2.08 bits per heavy atom. The van der Waals surface area contributed by atoms with Crippen molar-refractivity contribution in [1.29, 1.82) is 0 Å². The average Bonchev–Trinajstić information content (AvgIpc) is 2.60. The van der Waals surface area contributed by atoms with Crippen molar-refractivity contribution in [1.82, 2.24) is 10.2 Å². The predicted octanol–water partition coefficient (Wildman–Crippen LogP) is 1.17. The molecule has 0 aromatic heterocycles. The highest BCUT2D eigenvalue weighted by Crippen LogP contribution is 2.25. The third-order valence-electron chi connectivity index (χ3n) is 4.26. The molecule has 1 saturated heterocycles. The summed E-state index contributed by atoms with van der Waals surface area (Å²) in [6.45, 7) is 5.12. The molecule has 138 valence electrons. The van der Waals surface area contributed by atoms with E-state index in [2.05, 4.69) is 15.5 Å². The standard InChI is InChI=1S/C18H27N3O4/c1-13-6-7-16(25-3)15(11-13)20-18(23)17(22)19-14-5-4-8-21(12-14)9-10-24-2/h6-7,11,14H,4-5,8-10,12H2,1-3H3,(H,19,22)(H,20,23). The Bertz CT molecular complexity index is 606. The van der Waals surface area contributed by atoms with E-state index in [9.17, 15) is 9.59 Å². The summed E-state index contributed by atoms with van der Waals surface area (Å²) < 4.78 is 10.3. The maximum absolute atomic E-state index is 12.2. The van der Waals surface area contributed by atoms with Gasteiger partial charge in [-0.3, -0.25) is 14.5 Å². The molecule has 25 heavy (non-hydrogen) atoms. The van der Waals surface area contributed by atoms with Crippen LogP contribution in [0.3, 0.4) is 0 Å². The summed E-state index contributed by atoms with van der Waals surface area (Å²) in [5.41, 5.74) is 1.46. The maximum atomic E-state index is 12.2. The van der Waals surface area contributed by atoms with Gasteiger partial charge in [-0.05, 0) is 44.0 Å². The van der Waals surface area contributed by atoms with E-state index >= 15 is 0 Å². The first-order valence-electron chi connectivity index (χ1n) is 8.51. The van der Waals surface area contributed by atoms with Gasteiger partial charge in [0.05, 0.1) is 19.4 Å². The van der Waals surface area contributed by atoms with E-state index in [0.717, 1.165) is 38.0 Å². The fourth-order valence-corrected chi connectivity index (χ4v) is 2.95. The highest BCUT2D eigenvalue weighted by Gasteiger charge is 2.24. The van der Waals surface area contributed by atoms with Gasteiger partial charge in [0.2, 0.25) is 0 Å². The molecule has 7 heteroatoms. The lowest BCUT2D eigenvalue weighted by Crippen LogP contribution is -2.50. The van der Waals surface area contributed by atoms with Crippen LogP contribution in [-0.2, 0) is 14.3 Å². The van der Waals surface area contributed by atoms with Gasteiger partial charge in [0.25, 0.3) is 0 Å². The van der Waals surface area contributed by atoms with Crippen LogP contribution in [0.1, 0.15) is 18.4 Å². The molecule has 1 aliphatic heterocycles. The van der Waals surface area contributed by atoms with Crippen LogP contribution in [0.2, 0.25) is 0 Å². The smallest absolute Gasteiger partial charge is 0.313 e. The summed E-state index contributed by atoms with van der Waals surface area (Å²) in [6, 6.07) is 5.39. The Balaban J connectivity index is 1.90. The summed E-state index contributed by atoms with van der Waals surface area (Å²) in [5.74, 6) is -0.782. The van der Waals surface area contributed by atoms with Crippen molar-refractivity contribution >= 4 is 17.5 Å². The van der Waals surface area contributed by atoms with E-state index < -0.39 is 11.8 Å². The number of ether oxygens (including phenoxy) is 2. The number of rotatable bonds is 6. The average molecular weight is 349 g/mol. The van der Waals surface area contributed by atoms with Gasteiger partial charge < -0.3 is 20.1 Å². The van der Waals surface area contributed by atoms with Gasteiger partial charge in [0, 0.05) is 26.2 Å². The van der Waals surface area contributed by atoms with Gasteiger partial charge in [-0.15, -0.1) is 0 Å². The number of piperidine rings is 1. The molecule has 2 N–H and O–H groups in total. The number of nitrogens with one attached hydrogen (secondary N) is 2. The van der Waals surface area contributed by atoms with Crippen molar-refractivity contribution < 1.29 is 19.1 Å². The molecule has 1 aromatic rings. The SMILES string of the molecule is COCCN1CCCC(NC(=O)C(=O)Nc2cc(C)ccc2OC)C1. The fourth-order valence-electron chi connectivity index (χ4n) is 2.95. The molecule has 2 amide bonds. The molecule has 0 spiro atoms. The minimum absolute atomic E-state index is 0.0248. The Morgan fingerprint density at radius 1 is 1.28 bits per heavy atom. The first-order chi connectivity index (χ1) is 12.0. The lowest BCUT2D eigenvalue weighted by atomic mass is 10.1. The number of amides is 2. The zero-order valence-corrected chi connectivity index (χ0v) is 15.1. The minimum atomic E-state index is -0.682. The normalized spacial score (nSPS) is 17.8. The molecule has 1 atom stereocenters. The largest absolute Gasteiger partial charge is 0.495 e. The number of carbonyl (C=O) groups is 2. The first-order valence-corrected chi connectivity index (χ1v) is 8.51. The van der Waals surface area contributed by atoms with Gasteiger partial charge in [0.15, 0.2) is 0 Å². The molecule has 0 aliphatic carbocycles. The monoisotopic (exact) mass is 349 g/mol. The zero-order valence-electron chi connectivity index (χ0n) is 15.1. The number of aryl methyl sites for hydroxylation is 1. The van der Waals surface area contributed by atoms with Gasteiger partial charge in [0.1, 0.15) is 5.75 Å². The van der Waals surface area contributed by atoms with Crippen molar-refractivity contribution in [2.45, 2.75) is 25.8 Å². The molecule has 1 fully saturated rings. The van der Waals surface area contributed by atoms with E-state index in [1.165, 1.54) is 7.11 Å². The van der Waals surface area contributed by atoms with Gasteiger partial charge in [-0.2, -0.15) is 0 Å². The molecule has 0 radical (unpaired) electrons. The highest BCUT2D eigenvalue weighted by atomic mass is 16.5. The van der Waals surface area contributed by atoms with Crippen molar-refractivity contribution in [2.24, 2.45) is 0 Å². The third-order valence-corrected chi connectivity index (χ3v) is 4.26. The Kier molecular flexibility index (Phi) is 7.21. The highest BCUT2D eigenvalue weighted by molar-refractivity contribution is 6.39. The second-order valence-electron chi connectivity index (χ2n) is 6.26. The molecular weight excluding hydrogens is 322 g/mol. The first kappa shape index (κ1) is 19.2. The molecule has 0 bridgehead atoms. The van der Waals surface area contributed by atoms with Gasteiger partial charge >= 0.3 is 11.8 Å². The number of hydrogen-bond acceptors (Lipinski definition) is 5. The molecule has 7 nitrogen and oxygen atoms in total.